The molecule has 3 fully saturated rings. The summed E-state index contributed by atoms with van der Waals surface area (Å²) in [5.41, 5.74) is 0. The average molecular weight is 297 g/mol. The molecule has 5 heteroatoms. The van der Waals surface area contributed by atoms with Crippen molar-refractivity contribution in [2.24, 2.45) is 5.92 Å². The van der Waals surface area contributed by atoms with E-state index in [0.29, 0.717) is 18.0 Å². The zero-order valence-electron chi connectivity index (χ0n) is 11.8. The molecule has 3 atom stereocenters. The molecule has 1 N–H and O–H groups in total. The molecule has 3 aliphatic rings. The number of hydrogen-bond donors (Lipinski definition) is 1. The van der Waals surface area contributed by atoms with Crippen LogP contribution < -0.4 is 0 Å². The summed E-state index contributed by atoms with van der Waals surface area (Å²) < 4.78 is 0. The minimum Gasteiger partial charge on any atom is -0.481 e. The number of amides is 1. The van der Waals surface area contributed by atoms with Crippen LogP contribution in [0.15, 0.2) is 0 Å². The number of hydrogen-bond acceptors (Lipinski definition) is 3. The van der Waals surface area contributed by atoms with Crippen molar-refractivity contribution in [3.05, 3.63) is 0 Å². The molecule has 0 aliphatic carbocycles. The van der Waals surface area contributed by atoms with Crippen molar-refractivity contribution in [3.8, 4) is 0 Å². The van der Waals surface area contributed by atoms with Gasteiger partial charge in [-0.15, -0.1) is 11.8 Å². The molecule has 112 valence electrons. The Bertz CT molecular complexity index is 381. The number of thioether (sulfide) groups is 1. The van der Waals surface area contributed by atoms with Gasteiger partial charge in [0.1, 0.15) is 0 Å². The second-order valence-corrected chi connectivity index (χ2v) is 7.73. The van der Waals surface area contributed by atoms with Gasteiger partial charge in [-0.05, 0) is 50.2 Å². The topological polar surface area (TPSA) is 57.6 Å². The van der Waals surface area contributed by atoms with Gasteiger partial charge in [0.05, 0.1) is 5.25 Å². The van der Waals surface area contributed by atoms with Crippen molar-refractivity contribution in [1.82, 2.24) is 4.90 Å². The van der Waals surface area contributed by atoms with Crippen LogP contribution in [0.3, 0.4) is 0 Å². The van der Waals surface area contributed by atoms with Crippen molar-refractivity contribution in [1.29, 1.82) is 0 Å². The predicted molar refractivity (Wildman–Crippen MR) is 78.7 cm³/mol. The molecule has 0 aromatic heterocycles. The Labute approximate surface area is 124 Å². The lowest BCUT2D eigenvalue weighted by Gasteiger charge is -2.40. The summed E-state index contributed by atoms with van der Waals surface area (Å²) in [7, 11) is 0. The highest BCUT2D eigenvalue weighted by Gasteiger charge is 2.45. The van der Waals surface area contributed by atoms with Gasteiger partial charge >= 0.3 is 5.97 Å². The average Bonchev–Trinajstić information content (AvgIpc) is 2.70. The van der Waals surface area contributed by atoms with Crippen LogP contribution in [-0.4, -0.2) is 45.0 Å². The van der Waals surface area contributed by atoms with Crippen LogP contribution in [0, 0.1) is 5.92 Å². The third-order valence-corrected chi connectivity index (χ3v) is 6.37. The number of carbonyl (C=O) groups excluding carboxylic acids is 1. The van der Waals surface area contributed by atoms with Crippen molar-refractivity contribution in [3.63, 3.8) is 0 Å². The van der Waals surface area contributed by atoms with E-state index in [9.17, 15) is 9.59 Å². The monoisotopic (exact) mass is 297 g/mol. The van der Waals surface area contributed by atoms with Gasteiger partial charge in [-0.25, -0.2) is 0 Å². The van der Waals surface area contributed by atoms with Gasteiger partial charge in [-0.1, -0.05) is 6.42 Å². The van der Waals surface area contributed by atoms with Gasteiger partial charge in [0.2, 0.25) is 5.91 Å². The summed E-state index contributed by atoms with van der Waals surface area (Å²) in [6, 6.07) is 0.626. The lowest BCUT2D eigenvalue weighted by molar-refractivity contribution is -0.139. The first kappa shape index (κ1) is 14.2. The van der Waals surface area contributed by atoms with E-state index in [4.69, 9.17) is 5.11 Å². The van der Waals surface area contributed by atoms with Gasteiger partial charge < -0.3 is 10.0 Å². The second-order valence-electron chi connectivity index (χ2n) is 6.42. The Balaban J connectivity index is 1.64. The molecule has 3 rings (SSSR count). The van der Waals surface area contributed by atoms with Gasteiger partial charge in [0.25, 0.3) is 0 Å². The third-order valence-electron chi connectivity index (χ3n) is 5.00. The van der Waals surface area contributed by atoms with Gasteiger partial charge in [-0.3, -0.25) is 9.59 Å². The Morgan fingerprint density at radius 3 is 2.35 bits per heavy atom. The van der Waals surface area contributed by atoms with Crippen molar-refractivity contribution >= 4 is 23.6 Å². The molecule has 0 spiro atoms. The molecule has 1 amide bonds. The molecule has 0 radical (unpaired) electrons. The molecule has 3 unspecified atom stereocenters. The highest BCUT2D eigenvalue weighted by Crippen LogP contribution is 2.41. The number of carbonyl (C=O) groups is 2. The Morgan fingerprint density at radius 2 is 1.80 bits per heavy atom. The lowest BCUT2D eigenvalue weighted by atomic mass is 9.88. The van der Waals surface area contributed by atoms with Crippen LogP contribution in [0.4, 0.5) is 0 Å². The molecule has 3 heterocycles. The minimum atomic E-state index is -0.697. The van der Waals surface area contributed by atoms with E-state index in [0.717, 1.165) is 37.9 Å². The number of nitrogens with zero attached hydrogens (tertiary/aromatic N) is 1. The van der Waals surface area contributed by atoms with Crippen LogP contribution in [0.2, 0.25) is 0 Å². The standard InChI is InChI=1S/C15H23NO3S/c17-14(18)9-10-7-11-4-5-12(8-10)16(11)15(19)13-3-1-2-6-20-13/h10-13H,1-9H2,(H,17,18). The molecule has 0 aromatic carbocycles. The number of rotatable bonds is 3. The van der Waals surface area contributed by atoms with E-state index in [1.54, 1.807) is 0 Å². The Hall–Kier alpha value is -0.710. The fourth-order valence-corrected chi connectivity index (χ4v) is 5.42. The molecule has 3 saturated heterocycles. The van der Waals surface area contributed by atoms with E-state index in [1.807, 2.05) is 11.8 Å². The largest absolute Gasteiger partial charge is 0.481 e. The second kappa shape index (κ2) is 5.96. The fraction of sp³-hybridized carbons (Fsp3) is 0.867. The van der Waals surface area contributed by atoms with Gasteiger partial charge in [0, 0.05) is 18.5 Å². The summed E-state index contributed by atoms with van der Waals surface area (Å²) in [6.07, 6.45) is 7.65. The number of piperidine rings is 1. The van der Waals surface area contributed by atoms with Crippen molar-refractivity contribution in [2.45, 2.75) is 68.7 Å². The van der Waals surface area contributed by atoms with E-state index in [1.165, 1.54) is 12.8 Å². The third kappa shape index (κ3) is 2.83. The van der Waals surface area contributed by atoms with E-state index < -0.39 is 5.97 Å². The highest BCUT2D eigenvalue weighted by molar-refractivity contribution is 8.00. The summed E-state index contributed by atoms with van der Waals surface area (Å²) >= 11 is 1.82. The molecule has 0 aromatic rings. The first-order chi connectivity index (χ1) is 9.65. The number of aliphatic carboxylic acids is 1. The summed E-state index contributed by atoms with van der Waals surface area (Å²) in [4.78, 5) is 25.8. The molecule has 20 heavy (non-hydrogen) atoms. The maximum Gasteiger partial charge on any atom is 0.303 e. The van der Waals surface area contributed by atoms with Crippen LogP contribution in [-0.2, 0) is 9.59 Å². The minimum absolute atomic E-state index is 0.169. The summed E-state index contributed by atoms with van der Waals surface area (Å²) in [6.45, 7) is 0. The molecular weight excluding hydrogens is 274 g/mol. The number of carboxylic acids is 1. The zero-order valence-corrected chi connectivity index (χ0v) is 12.6. The van der Waals surface area contributed by atoms with Crippen LogP contribution in [0.5, 0.6) is 0 Å². The SMILES string of the molecule is O=C(O)CC1CC2CCC(C1)N2C(=O)C1CCCCS1. The molecule has 4 nitrogen and oxygen atoms in total. The van der Waals surface area contributed by atoms with E-state index >= 15 is 0 Å². The van der Waals surface area contributed by atoms with Crippen molar-refractivity contribution < 1.29 is 14.7 Å². The molecular formula is C15H23NO3S. The fourth-order valence-electron chi connectivity index (χ4n) is 4.16. The van der Waals surface area contributed by atoms with Gasteiger partial charge in [-0.2, -0.15) is 0 Å². The summed E-state index contributed by atoms with van der Waals surface area (Å²) in [5.74, 6) is 1.03. The van der Waals surface area contributed by atoms with E-state index in [-0.39, 0.29) is 17.6 Å². The normalized spacial score (nSPS) is 36.9. The number of fused-ring (bicyclic) bond motifs is 2. The zero-order chi connectivity index (χ0) is 14.1. The predicted octanol–water partition coefficient (Wildman–Crippen LogP) is 2.52. The molecule has 2 bridgehead atoms. The van der Waals surface area contributed by atoms with Crippen LogP contribution in [0.25, 0.3) is 0 Å². The Morgan fingerprint density at radius 1 is 1.10 bits per heavy atom. The first-order valence-corrected chi connectivity index (χ1v) is 8.85. The molecule has 0 saturated carbocycles. The quantitative estimate of drug-likeness (QED) is 0.869. The smallest absolute Gasteiger partial charge is 0.303 e. The van der Waals surface area contributed by atoms with E-state index in [2.05, 4.69) is 4.90 Å². The summed E-state index contributed by atoms with van der Waals surface area (Å²) in [5, 5.41) is 9.12. The Kier molecular flexibility index (Phi) is 4.24. The van der Waals surface area contributed by atoms with Crippen LogP contribution >= 0.6 is 11.8 Å². The van der Waals surface area contributed by atoms with Gasteiger partial charge in [0.15, 0.2) is 0 Å². The number of carboxylic acid groups (broad SMARTS) is 1. The first-order valence-electron chi connectivity index (χ1n) is 7.80. The van der Waals surface area contributed by atoms with Crippen LogP contribution in [0.1, 0.15) is 51.4 Å². The maximum absolute atomic E-state index is 12.7. The lowest BCUT2D eigenvalue weighted by Crippen LogP contribution is -2.50. The maximum atomic E-state index is 12.7. The highest BCUT2D eigenvalue weighted by atomic mass is 32.2. The molecule has 3 aliphatic heterocycles. The van der Waals surface area contributed by atoms with Crippen molar-refractivity contribution in [2.75, 3.05) is 5.75 Å².